The van der Waals surface area contributed by atoms with Gasteiger partial charge in [0.15, 0.2) is 0 Å². The van der Waals surface area contributed by atoms with Crippen LogP contribution in [0.1, 0.15) is 32.4 Å². The second-order valence-electron chi connectivity index (χ2n) is 5.55. The molecule has 0 radical (unpaired) electrons. The minimum absolute atomic E-state index is 0.230. The van der Waals surface area contributed by atoms with Gasteiger partial charge >= 0.3 is 0 Å². The van der Waals surface area contributed by atoms with Gasteiger partial charge in [0.1, 0.15) is 12.4 Å². The standard InChI is InChI=1S/C18H22BrNO/c1-12(2)20-14(4)16-10-9-15-7-5-6-8-17(15)18(16)21-11-13(3)19/h5-10,12,14,20H,3,11H2,1-2,4H3. The molecule has 112 valence electrons. The summed E-state index contributed by atoms with van der Waals surface area (Å²) in [4.78, 5) is 0. The van der Waals surface area contributed by atoms with Gasteiger partial charge in [-0.3, -0.25) is 0 Å². The minimum atomic E-state index is 0.230. The van der Waals surface area contributed by atoms with Crippen LogP contribution in [0.2, 0.25) is 0 Å². The van der Waals surface area contributed by atoms with Crippen molar-refractivity contribution in [2.24, 2.45) is 0 Å². The second kappa shape index (κ2) is 7.10. The van der Waals surface area contributed by atoms with Gasteiger partial charge in [0, 0.05) is 27.5 Å². The van der Waals surface area contributed by atoms with Gasteiger partial charge < -0.3 is 10.1 Å². The van der Waals surface area contributed by atoms with Gasteiger partial charge in [0.05, 0.1) is 0 Å². The van der Waals surface area contributed by atoms with Gasteiger partial charge in [0.2, 0.25) is 0 Å². The molecule has 0 amide bonds. The summed E-state index contributed by atoms with van der Waals surface area (Å²) in [6.45, 7) is 10.8. The van der Waals surface area contributed by atoms with Crippen LogP contribution in [0, 0.1) is 0 Å². The average Bonchev–Trinajstić information content (AvgIpc) is 2.43. The average molecular weight is 348 g/mol. The minimum Gasteiger partial charge on any atom is -0.487 e. The van der Waals surface area contributed by atoms with Crippen LogP contribution in [0.25, 0.3) is 10.8 Å². The Morgan fingerprint density at radius 3 is 2.57 bits per heavy atom. The van der Waals surface area contributed by atoms with Crippen LogP contribution >= 0.6 is 15.9 Å². The molecule has 2 aromatic rings. The lowest BCUT2D eigenvalue weighted by atomic mass is 10.0. The first-order chi connectivity index (χ1) is 9.99. The van der Waals surface area contributed by atoms with Crippen LogP contribution < -0.4 is 10.1 Å². The molecule has 1 atom stereocenters. The molecule has 0 aliphatic heterocycles. The first-order valence-electron chi connectivity index (χ1n) is 7.22. The number of ether oxygens (including phenoxy) is 1. The van der Waals surface area contributed by atoms with Crippen molar-refractivity contribution in [1.29, 1.82) is 0 Å². The molecule has 0 spiro atoms. The highest BCUT2D eigenvalue weighted by Crippen LogP contribution is 2.34. The third-order valence-corrected chi connectivity index (χ3v) is 3.56. The molecule has 0 bridgehead atoms. The topological polar surface area (TPSA) is 21.3 Å². The molecule has 3 heteroatoms. The van der Waals surface area contributed by atoms with E-state index in [0.717, 1.165) is 15.6 Å². The first-order valence-corrected chi connectivity index (χ1v) is 8.02. The van der Waals surface area contributed by atoms with E-state index in [1.54, 1.807) is 0 Å². The van der Waals surface area contributed by atoms with E-state index in [1.165, 1.54) is 10.9 Å². The number of halogens is 1. The van der Waals surface area contributed by atoms with Crippen LogP contribution in [0.15, 0.2) is 47.5 Å². The maximum Gasteiger partial charge on any atom is 0.132 e. The van der Waals surface area contributed by atoms with Crippen molar-refractivity contribution in [3.63, 3.8) is 0 Å². The maximum absolute atomic E-state index is 6.03. The van der Waals surface area contributed by atoms with Gasteiger partial charge in [-0.1, -0.05) is 72.8 Å². The lowest BCUT2D eigenvalue weighted by Crippen LogP contribution is -2.26. The Balaban J connectivity index is 2.47. The summed E-state index contributed by atoms with van der Waals surface area (Å²) in [7, 11) is 0. The van der Waals surface area contributed by atoms with E-state index in [-0.39, 0.29) is 6.04 Å². The number of rotatable bonds is 6. The van der Waals surface area contributed by atoms with Gasteiger partial charge in [-0.05, 0) is 12.3 Å². The van der Waals surface area contributed by atoms with Crippen LogP contribution in [-0.4, -0.2) is 12.6 Å². The van der Waals surface area contributed by atoms with E-state index < -0.39 is 0 Å². The number of hydrogen-bond acceptors (Lipinski definition) is 2. The fourth-order valence-electron chi connectivity index (χ4n) is 2.50. The predicted octanol–water partition coefficient (Wildman–Crippen LogP) is 5.19. The van der Waals surface area contributed by atoms with Gasteiger partial charge in [0.25, 0.3) is 0 Å². The molecule has 0 fully saturated rings. The molecular formula is C18H22BrNO. The molecule has 2 nitrogen and oxygen atoms in total. The zero-order valence-electron chi connectivity index (χ0n) is 12.8. The van der Waals surface area contributed by atoms with E-state index in [9.17, 15) is 0 Å². The van der Waals surface area contributed by atoms with Crippen LogP contribution in [0.3, 0.4) is 0 Å². The smallest absolute Gasteiger partial charge is 0.132 e. The zero-order valence-corrected chi connectivity index (χ0v) is 14.4. The molecule has 0 aromatic heterocycles. The lowest BCUT2D eigenvalue weighted by molar-refractivity contribution is 0.354. The fraction of sp³-hybridized carbons (Fsp3) is 0.333. The van der Waals surface area contributed by atoms with Gasteiger partial charge in [-0.2, -0.15) is 0 Å². The molecule has 1 N–H and O–H groups in total. The number of hydrogen-bond donors (Lipinski definition) is 1. The summed E-state index contributed by atoms with van der Waals surface area (Å²) in [5.74, 6) is 0.939. The van der Waals surface area contributed by atoms with Crippen molar-refractivity contribution in [3.05, 3.63) is 53.0 Å². The molecule has 0 aliphatic rings. The Bertz CT molecular complexity index is 636. The summed E-state index contributed by atoms with van der Waals surface area (Å²) in [6, 6.07) is 13.3. The predicted molar refractivity (Wildman–Crippen MR) is 94.2 cm³/mol. The summed E-state index contributed by atoms with van der Waals surface area (Å²) in [5, 5.41) is 5.87. The van der Waals surface area contributed by atoms with Crippen LogP contribution in [0.4, 0.5) is 0 Å². The number of fused-ring (bicyclic) bond motifs is 1. The summed E-state index contributed by atoms with van der Waals surface area (Å²) in [5.41, 5.74) is 1.18. The highest BCUT2D eigenvalue weighted by atomic mass is 79.9. The number of benzene rings is 2. The molecule has 0 heterocycles. The Morgan fingerprint density at radius 2 is 1.90 bits per heavy atom. The maximum atomic E-state index is 6.03. The molecule has 0 saturated carbocycles. The highest BCUT2D eigenvalue weighted by molar-refractivity contribution is 9.11. The largest absolute Gasteiger partial charge is 0.487 e. The number of nitrogens with one attached hydrogen (secondary N) is 1. The van der Waals surface area contributed by atoms with Crippen LogP contribution in [-0.2, 0) is 0 Å². The van der Waals surface area contributed by atoms with E-state index in [2.05, 4.69) is 72.9 Å². The third-order valence-electron chi connectivity index (χ3n) is 3.33. The van der Waals surface area contributed by atoms with E-state index in [1.807, 2.05) is 12.1 Å². The Kier molecular flexibility index (Phi) is 5.43. The second-order valence-corrected chi connectivity index (χ2v) is 6.68. The fourth-order valence-corrected chi connectivity index (χ4v) is 2.62. The van der Waals surface area contributed by atoms with E-state index >= 15 is 0 Å². The van der Waals surface area contributed by atoms with E-state index in [4.69, 9.17) is 4.74 Å². The molecule has 2 rings (SSSR count). The molecule has 0 aliphatic carbocycles. The summed E-state index contributed by atoms with van der Waals surface area (Å²) < 4.78 is 6.87. The monoisotopic (exact) mass is 347 g/mol. The van der Waals surface area contributed by atoms with Crippen molar-refractivity contribution in [2.75, 3.05) is 6.61 Å². The molecular weight excluding hydrogens is 326 g/mol. The Hall–Kier alpha value is -1.32. The third kappa shape index (κ3) is 4.08. The molecule has 0 saturated heterocycles. The molecule has 1 unspecified atom stereocenters. The molecule has 2 aromatic carbocycles. The van der Waals surface area contributed by atoms with Gasteiger partial charge in [-0.25, -0.2) is 0 Å². The Morgan fingerprint density at radius 1 is 1.19 bits per heavy atom. The van der Waals surface area contributed by atoms with Crippen molar-refractivity contribution in [3.8, 4) is 5.75 Å². The quantitative estimate of drug-likeness (QED) is 0.776. The highest BCUT2D eigenvalue weighted by Gasteiger charge is 2.15. The van der Waals surface area contributed by atoms with E-state index in [0.29, 0.717) is 12.6 Å². The molecule has 21 heavy (non-hydrogen) atoms. The Labute approximate surface area is 135 Å². The summed E-state index contributed by atoms with van der Waals surface area (Å²) in [6.07, 6.45) is 0. The van der Waals surface area contributed by atoms with Crippen LogP contribution in [0.5, 0.6) is 5.75 Å². The first kappa shape index (κ1) is 16.1. The lowest BCUT2D eigenvalue weighted by Gasteiger charge is -2.22. The van der Waals surface area contributed by atoms with Crippen molar-refractivity contribution in [1.82, 2.24) is 5.32 Å². The van der Waals surface area contributed by atoms with Gasteiger partial charge in [-0.15, -0.1) is 0 Å². The SMILES string of the molecule is C=C(Br)COc1c(C(C)NC(C)C)ccc2ccccc12. The zero-order chi connectivity index (χ0) is 15.4. The normalized spacial score (nSPS) is 12.6. The van der Waals surface area contributed by atoms with Crippen molar-refractivity contribution < 1.29 is 4.74 Å². The van der Waals surface area contributed by atoms with Crippen molar-refractivity contribution >= 4 is 26.7 Å². The van der Waals surface area contributed by atoms with Crippen molar-refractivity contribution in [2.45, 2.75) is 32.9 Å². The summed E-state index contributed by atoms with van der Waals surface area (Å²) >= 11 is 3.36.